The van der Waals surface area contributed by atoms with Gasteiger partial charge in [-0.05, 0) is 52.0 Å². The third-order valence-electron chi connectivity index (χ3n) is 8.40. The Labute approximate surface area is 214 Å². The van der Waals surface area contributed by atoms with Gasteiger partial charge in [-0.3, -0.25) is 14.4 Å². The van der Waals surface area contributed by atoms with E-state index in [1.165, 1.54) is 0 Å². The lowest BCUT2D eigenvalue weighted by Gasteiger charge is -2.40. The summed E-state index contributed by atoms with van der Waals surface area (Å²) >= 11 is 0. The molecule has 2 unspecified atom stereocenters. The number of amides is 3. The van der Waals surface area contributed by atoms with Crippen molar-refractivity contribution in [3.63, 3.8) is 0 Å². The molecule has 1 aromatic rings. The fraction of sp³-hybridized carbons (Fsp3) is 0.679. The first kappa shape index (κ1) is 26.6. The number of nitrogens with one attached hydrogen (secondary N) is 2. The molecule has 3 aliphatic heterocycles. The molecule has 0 radical (unpaired) electrons. The molecule has 8 nitrogen and oxygen atoms in total. The number of rotatable bonds is 8. The van der Waals surface area contributed by atoms with Gasteiger partial charge in [0, 0.05) is 12.1 Å². The molecule has 198 valence electrons. The molecule has 4 rings (SSSR count). The molecule has 3 amide bonds. The minimum absolute atomic E-state index is 0.0303. The number of fused-ring (bicyclic) bond motifs is 1. The largest absolute Gasteiger partial charge is 0.394 e. The number of carbonyl (C=O) groups excluding carboxylic acids is 3. The van der Waals surface area contributed by atoms with Gasteiger partial charge >= 0.3 is 0 Å². The lowest BCUT2D eigenvalue weighted by atomic mass is 9.66. The minimum atomic E-state index is -1.10. The maximum Gasteiger partial charge on any atom is 0.246 e. The zero-order chi connectivity index (χ0) is 26.5. The van der Waals surface area contributed by atoms with Crippen molar-refractivity contribution >= 4 is 17.7 Å². The Kier molecular flexibility index (Phi) is 6.99. The van der Waals surface area contributed by atoms with E-state index in [1.54, 1.807) is 4.90 Å². The molecule has 3 aliphatic rings. The zero-order valence-corrected chi connectivity index (χ0v) is 22.3. The average Bonchev–Trinajstić information content (AvgIpc) is 3.38. The van der Waals surface area contributed by atoms with E-state index in [1.807, 2.05) is 71.9 Å². The Hall–Kier alpha value is -2.45. The molecular formula is C28H41N3O5. The van der Waals surface area contributed by atoms with Gasteiger partial charge in [-0.1, -0.05) is 50.6 Å². The van der Waals surface area contributed by atoms with Gasteiger partial charge in [0.25, 0.3) is 0 Å². The monoisotopic (exact) mass is 499 g/mol. The van der Waals surface area contributed by atoms with Crippen molar-refractivity contribution in [1.29, 1.82) is 0 Å². The predicted octanol–water partition coefficient (Wildman–Crippen LogP) is 2.39. The minimum Gasteiger partial charge on any atom is -0.394 e. The fourth-order valence-electron chi connectivity index (χ4n) is 6.57. The molecule has 36 heavy (non-hydrogen) atoms. The number of likely N-dealkylation sites (tertiary alicyclic amines) is 1. The van der Waals surface area contributed by atoms with E-state index in [9.17, 15) is 19.5 Å². The number of benzene rings is 1. The Bertz CT molecular complexity index is 1010. The van der Waals surface area contributed by atoms with E-state index in [4.69, 9.17) is 4.74 Å². The first-order valence-electron chi connectivity index (χ1n) is 13.2. The molecule has 8 heteroatoms. The van der Waals surface area contributed by atoms with Crippen LogP contribution in [0, 0.1) is 17.8 Å². The van der Waals surface area contributed by atoms with Crippen LogP contribution in [0.25, 0.3) is 0 Å². The number of aliphatic hydroxyl groups excluding tert-OH is 1. The summed E-state index contributed by atoms with van der Waals surface area (Å²) in [7, 11) is 0. The van der Waals surface area contributed by atoms with Crippen LogP contribution in [-0.4, -0.2) is 63.2 Å². The van der Waals surface area contributed by atoms with Crippen molar-refractivity contribution in [2.45, 2.75) is 96.2 Å². The Balaban J connectivity index is 1.72. The Morgan fingerprint density at radius 3 is 2.44 bits per heavy atom. The van der Waals surface area contributed by atoms with Crippen LogP contribution < -0.4 is 10.6 Å². The first-order chi connectivity index (χ1) is 16.9. The molecule has 7 atom stereocenters. The van der Waals surface area contributed by atoms with Crippen LogP contribution in [0.3, 0.4) is 0 Å². The van der Waals surface area contributed by atoms with Crippen molar-refractivity contribution < 1.29 is 24.2 Å². The van der Waals surface area contributed by atoms with Gasteiger partial charge in [0.1, 0.15) is 11.6 Å². The predicted molar refractivity (Wildman–Crippen MR) is 136 cm³/mol. The van der Waals surface area contributed by atoms with E-state index in [2.05, 4.69) is 10.6 Å². The molecular weight excluding hydrogens is 458 g/mol. The van der Waals surface area contributed by atoms with Crippen LogP contribution in [0.4, 0.5) is 0 Å². The summed E-state index contributed by atoms with van der Waals surface area (Å²) in [4.78, 5) is 43.2. The number of carbonyl (C=O) groups is 3. The van der Waals surface area contributed by atoms with Gasteiger partial charge < -0.3 is 25.4 Å². The number of aliphatic hydroxyl groups is 1. The molecule has 1 aromatic carbocycles. The summed E-state index contributed by atoms with van der Waals surface area (Å²) in [5, 5.41) is 16.4. The van der Waals surface area contributed by atoms with Crippen LogP contribution in [0.15, 0.2) is 30.3 Å². The van der Waals surface area contributed by atoms with Gasteiger partial charge in [0.15, 0.2) is 0 Å². The zero-order valence-electron chi connectivity index (χ0n) is 22.3. The van der Waals surface area contributed by atoms with Crippen molar-refractivity contribution in [1.82, 2.24) is 15.5 Å². The second-order valence-corrected chi connectivity index (χ2v) is 12.1. The van der Waals surface area contributed by atoms with E-state index in [-0.39, 0.29) is 30.2 Å². The lowest BCUT2D eigenvalue weighted by Crippen LogP contribution is -2.61. The van der Waals surface area contributed by atoms with E-state index in [0.29, 0.717) is 19.4 Å². The highest BCUT2D eigenvalue weighted by Crippen LogP contribution is 2.63. The quantitative estimate of drug-likeness (QED) is 0.509. The van der Waals surface area contributed by atoms with Gasteiger partial charge in [0.2, 0.25) is 17.7 Å². The molecule has 3 N–H and O–H groups in total. The van der Waals surface area contributed by atoms with Crippen LogP contribution in [0.1, 0.15) is 66.4 Å². The molecule has 0 saturated carbocycles. The topological polar surface area (TPSA) is 108 Å². The third-order valence-corrected chi connectivity index (χ3v) is 8.40. The highest BCUT2D eigenvalue weighted by atomic mass is 16.5. The summed E-state index contributed by atoms with van der Waals surface area (Å²) in [6.45, 7) is 11.6. The highest BCUT2D eigenvalue weighted by molar-refractivity contribution is 5.99. The van der Waals surface area contributed by atoms with Crippen LogP contribution in [-0.2, 0) is 25.7 Å². The molecule has 1 spiro atoms. The second-order valence-electron chi connectivity index (χ2n) is 12.1. The lowest BCUT2D eigenvalue weighted by molar-refractivity contribution is -0.151. The van der Waals surface area contributed by atoms with Gasteiger partial charge in [-0.15, -0.1) is 0 Å². The average molecular weight is 500 g/mol. The summed E-state index contributed by atoms with van der Waals surface area (Å²) in [6, 6.07) is 8.18. The Morgan fingerprint density at radius 2 is 1.86 bits per heavy atom. The van der Waals surface area contributed by atoms with Crippen LogP contribution in [0.2, 0.25) is 0 Å². The fourth-order valence-corrected chi connectivity index (χ4v) is 6.57. The number of hydrogen-bond acceptors (Lipinski definition) is 5. The molecule has 0 aromatic heterocycles. The van der Waals surface area contributed by atoms with Crippen molar-refractivity contribution in [3.05, 3.63) is 35.9 Å². The summed E-state index contributed by atoms with van der Waals surface area (Å²) in [5.41, 5.74) is -1.48. The van der Waals surface area contributed by atoms with Gasteiger partial charge in [0.05, 0.1) is 30.1 Å². The highest BCUT2D eigenvalue weighted by Gasteiger charge is 2.78. The SMILES string of the molecule is CC[C@H](C)[C@H](CO)N1C(=O)[C@@H]2[C@@H](C(=O)NCc3ccccc3)[C@@]3(C)CCC2(O3)C1C(=O)NC(C)(C)C. The van der Waals surface area contributed by atoms with Crippen LogP contribution in [0.5, 0.6) is 0 Å². The number of ether oxygens (including phenoxy) is 1. The molecule has 3 saturated heterocycles. The molecule has 0 aliphatic carbocycles. The molecule has 3 fully saturated rings. The van der Waals surface area contributed by atoms with Crippen molar-refractivity contribution in [2.75, 3.05) is 6.61 Å². The maximum atomic E-state index is 14.2. The van der Waals surface area contributed by atoms with E-state index < -0.39 is 40.7 Å². The van der Waals surface area contributed by atoms with Crippen LogP contribution >= 0.6 is 0 Å². The van der Waals surface area contributed by atoms with Crippen molar-refractivity contribution in [3.8, 4) is 0 Å². The number of nitrogens with zero attached hydrogens (tertiary/aromatic N) is 1. The normalized spacial score (nSPS) is 32.8. The standard InChI is InChI=1S/C28H41N3O5/c1-7-17(2)19(16-32)31-22(24(34)30-26(3,4)5)28-14-13-27(6,36-28)20(21(28)25(31)35)23(33)29-15-18-11-9-8-10-12-18/h8-12,17,19-22,32H,7,13-16H2,1-6H3,(H,29,33)(H,30,34)/t17-,19-,20-,21-,22?,27+,28?/m0/s1. The number of hydrogen-bond donors (Lipinski definition) is 3. The second kappa shape index (κ2) is 9.45. The summed E-state index contributed by atoms with van der Waals surface area (Å²) < 4.78 is 6.65. The summed E-state index contributed by atoms with van der Waals surface area (Å²) in [6.07, 6.45) is 1.83. The Morgan fingerprint density at radius 1 is 1.19 bits per heavy atom. The maximum absolute atomic E-state index is 14.2. The summed E-state index contributed by atoms with van der Waals surface area (Å²) in [5.74, 6) is -2.32. The molecule has 3 heterocycles. The molecule has 2 bridgehead atoms. The van der Waals surface area contributed by atoms with Gasteiger partial charge in [-0.25, -0.2) is 0 Å². The van der Waals surface area contributed by atoms with E-state index >= 15 is 0 Å². The third kappa shape index (κ3) is 4.32. The van der Waals surface area contributed by atoms with E-state index in [0.717, 1.165) is 12.0 Å². The smallest absolute Gasteiger partial charge is 0.246 e. The first-order valence-corrected chi connectivity index (χ1v) is 13.2. The van der Waals surface area contributed by atoms with Gasteiger partial charge in [-0.2, -0.15) is 0 Å². The van der Waals surface area contributed by atoms with Crippen molar-refractivity contribution in [2.24, 2.45) is 17.8 Å².